The van der Waals surface area contributed by atoms with E-state index in [0.29, 0.717) is 30.0 Å². The van der Waals surface area contributed by atoms with Gasteiger partial charge in [0, 0.05) is 24.3 Å². The molecule has 30 heavy (non-hydrogen) atoms. The number of hydrogen-bond acceptors (Lipinski definition) is 5. The molecule has 1 aromatic carbocycles. The highest BCUT2D eigenvalue weighted by molar-refractivity contribution is 6.30. The molecular weight excluding hydrogens is 410 g/mol. The molecular formula is C21H26ClN3O5. The molecule has 3 heterocycles. The lowest BCUT2D eigenvalue weighted by atomic mass is 9.65. The van der Waals surface area contributed by atoms with Crippen LogP contribution in [0.4, 0.5) is 5.69 Å². The summed E-state index contributed by atoms with van der Waals surface area (Å²) in [4.78, 5) is 41.0. The molecule has 1 aromatic rings. The lowest BCUT2D eigenvalue weighted by molar-refractivity contribution is -0.146. The average molecular weight is 436 g/mol. The van der Waals surface area contributed by atoms with E-state index in [9.17, 15) is 19.5 Å². The molecule has 0 aliphatic carbocycles. The Kier molecular flexibility index (Phi) is 5.28. The Morgan fingerprint density at radius 3 is 2.57 bits per heavy atom. The van der Waals surface area contributed by atoms with Crippen molar-refractivity contribution >= 4 is 35.0 Å². The molecule has 8 nitrogen and oxygen atoms in total. The molecule has 0 radical (unpaired) electrons. The molecule has 0 aromatic heterocycles. The number of fused-ring (bicyclic) bond motifs is 1. The van der Waals surface area contributed by atoms with Crippen LogP contribution in [-0.4, -0.2) is 65.2 Å². The first-order chi connectivity index (χ1) is 14.3. The summed E-state index contributed by atoms with van der Waals surface area (Å²) in [6.07, 6.45) is 1.68. The van der Waals surface area contributed by atoms with Crippen LogP contribution in [0.3, 0.4) is 0 Å². The zero-order chi connectivity index (χ0) is 21.7. The fourth-order valence-electron chi connectivity index (χ4n) is 5.66. The number of aliphatic hydroxyl groups excluding tert-OH is 1. The predicted molar refractivity (Wildman–Crippen MR) is 110 cm³/mol. The van der Waals surface area contributed by atoms with Crippen LogP contribution in [0.25, 0.3) is 0 Å². The molecule has 3 aliphatic heterocycles. The Morgan fingerprint density at radius 2 is 1.97 bits per heavy atom. The van der Waals surface area contributed by atoms with Gasteiger partial charge in [0.1, 0.15) is 11.6 Å². The highest BCUT2D eigenvalue weighted by atomic mass is 35.5. The fraction of sp³-hybridized carbons (Fsp3) is 0.571. The zero-order valence-corrected chi connectivity index (χ0v) is 17.7. The predicted octanol–water partition coefficient (Wildman–Crippen LogP) is 1.17. The third kappa shape index (κ3) is 2.85. The number of carbonyl (C=O) groups is 3. The summed E-state index contributed by atoms with van der Waals surface area (Å²) >= 11 is 5.92. The normalized spacial score (nSPS) is 34.2. The molecule has 162 valence electrons. The number of amides is 3. The smallest absolute Gasteiger partial charge is 0.250 e. The van der Waals surface area contributed by atoms with Gasteiger partial charge in [-0.1, -0.05) is 18.5 Å². The van der Waals surface area contributed by atoms with Gasteiger partial charge in [0.15, 0.2) is 0 Å². The van der Waals surface area contributed by atoms with E-state index in [4.69, 9.17) is 16.3 Å². The summed E-state index contributed by atoms with van der Waals surface area (Å²) in [5.41, 5.74) is -1.30. The van der Waals surface area contributed by atoms with Crippen LogP contribution in [0.5, 0.6) is 0 Å². The quantitative estimate of drug-likeness (QED) is 0.621. The summed E-state index contributed by atoms with van der Waals surface area (Å²) in [5, 5.41) is 15.6. The lowest BCUT2D eigenvalue weighted by Gasteiger charge is -2.33. The van der Waals surface area contributed by atoms with E-state index in [0.717, 1.165) is 0 Å². The van der Waals surface area contributed by atoms with Gasteiger partial charge < -0.3 is 25.4 Å². The van der Waals surface area contributed by atoms with Crippen LogP contribution in [0, 0.1) is 11.8 Å². The van der Waals surface area contributed by atoms with Crippen molar-refractivity contribution in [3.63, 3.8) is 0 Å². The van der Waals surface area contributed by atoms with Gasteiger partial charge in [-0.25, -0.2) is 0 Å². The Hall–Kier alpha value is -2.16. The Balaban J connectivity index is 1.74. The van der Waals surface area contributed by atoms with Gasteiger partial charge in [0.05, 0.1) is 24.0 Å². The Morgan fingerprint density at radius 1 is 1.27 bits per heavy atom. The monoisotopic (exact) mass is 435 g/mol. The number of anilines is 1. The number of nitrogens with one attached hydrogen (secondary N) is 2. The minimum atomic E-state index is -1.09. The van der Waals surface area contributed by atoms with Crippen molar-refractivity contribution in [2.45, 2.75) is 43.4 Å². The van der Waals surface area contributed by atoms with E-state index in [1.54, 1.807) is 31.3 Å². The highest BCUT2D eigenvalue weighted by Gasteiger charge is 2.78. The number of carbonyl (C=O) groups excluding carboxylic acids is 3. The first-order valence-corrected chi connectivity index (χ1v) is 10.6. The van der Waals surface area contributed by atoms with Crippen LogP contribution < -0.4 is 10.6 Å². The van der Waals surface area contributed by atoms with Crippen molar-refractivity contribution in [3.05, 3.63) is 29.3 Å². The molecule has 3 saturated heterocycles. The van der Waals surface area contributed by atoms with Crippen molar-refractivity contribution in [1.29, 1.82) is 0 Å². The SMILES string of the molecule is CC[C@]12CCC3(O1)C(C(=O)Nc1ccc(Cl)cc1)N(CCO)C(=O)[C@@H]3[C@H]2C(=O)NC. The van der Waals surface area contributed by atoms with Crippen LogP contribution in [0.15, 0.2) is 24.3 Å². The Labute approximate surface area is 179 Å². The molecule has 3 amide bonds. The molecule has 1 spiro atoms. The summed E-state index contributed by atoms with van der Waals surface area (Å²) in [6.45, 7) is 1.65. The van der Waals surface area contributed by atoms with E-state index >= 15 is 0 Å². The van der Waals surface area contributed by atoms with E-state index < -0.39 is 35.0 Å². The van der Waals surface area contributed by atoms with Gasteiger partial charge in [-0.05, 0) is 43.5 Å². The maximum atomic E-state index is 13.4. The van der Waals surface area contributed by atoms with Gasteiger partial charge in [0.25, 0.3) is 0 Å². The highest BCUT2D eigenvalue weighted by Crippen LogP contribution is 2.64. The van der Waals surface area contributed by atoms with Crippen LogP contribution in [0.2, 0.25) is 5.02 Å². The van der Waals surface area contributed by atoms with Crippen molar-refractivity contribution < 1.29 is 24.2 Å². The van der Waals surface area contributed by atoms with Gasteiger partial charge >= 0.3 is 0 Å². The molecule has 5 atom stereocenters. The molecule has 3 fully saturated rings. The third-order valence-electron chi connectivity index (χ3n) is 6.91. The molecule has 2 bridgehead atoms. The van der Waals surface area contributed by atoms with Crippen LogP contribution in [0.1, 0.15) is 26.2 Å². The first kappa shape index (κ1) is 21.1. The summed E-state index contributed by atoms with van der Waals surface area (Å²) in [5.74, 6) is -2.38. The van der Waals surface area contributed by atoms with Crippen molar-refractivity contribution in [1.82, 2.24) is 10.2 Å². The summed E-state index contributed by atoms with van der Waals surface area (Å²) < 4.78 is 6.51. The summed E-state index contributed by atoms with van der Waals surface area (Å²) in [7, 11) is 1.54. The summed E-state index contributed by atoms with van der Waals surface area (Å²) in [6, 6.07) is 5.75. The molecule has 0 saturated carbocycles. The standard InChI is InChI=1S/C21H26ClN3O5/c1-3-20-8-9-21(30-20)15(14(20)17(27)23-2)19(29)25(10-11-26)16(21)18(28)24-13-6-4-12(22)5-7-13/h4-7,14-16,26H,3,8-11H2,1-2H3,(H,23,27)(H,24,28)/t14-,15-,16?,20+,21?/m0/s1. The second kappa shape index (κ2) is 7.51. The number of rotatable bonds is 6. The van der Waals surface area contributed by atoms with E-state index in [1.165, 1.54) is 4.90 Å². The van der Waals surface area contributed by atoms with Gasteiger partial charge in [-0.2, -0.15) is 0 Å². The molecule has 3 aliphatic rings. The molecule has 9 heteroatoms. The first-order valence-electron chi connectivity index (χ1n) is 10.2. The number of likely N-dealkylation sites (tertiary alicyclic amines) is 1. The van der Waals surface area contributed by atoms with E-state index in [-0.39, 0.29) is 25.0 Å². The molecule has 4 rings (SSSR count). The van der Waals surface area contributed by atoms with E-state index in [1.807, 2.05) is 6.92 Å². The number of ether oxygens (including phenoxy) is 1. The third-order valence-corrected chi connectivity index (χ3v) is 7.16. The topological polar surface area (TPSA) is 108 Å². The van der Waals surface area contributed by atoms with Gasteiger partial charge in [-0.3, -0.25) is 14.4 Å². The average Bonchev–Trinajstić information content (AvgIpc) is 3.33. The number of benzene rings is 1. The van der Waals surface area contributed by atoms with Crippen molar-refractivity contribution in [3.8, 4) is 0 Å². The minimum absolute atomic E-state index is 0.00125. The van der Waals surface area contributed by atoms with Crippen molar-refractivity contribution in [2.75, 3.05) is 25.5 Å². The maximum absolute atomic E-state index is 13.4. The lowest BCUT2D eigenvalue weighted by Crippen LogP contribution is -2.53. The van der Waals surface area contributed by atoms with Gasteiger partial charge in [0.2, 0.25) is 17.7 Å². The fourth-order valence-corrected chi connectivity index (χ4v) is 5.79. The van der Waals surface area contributed by atoms with E-state index in [2.05, 4.69) is 10.6 Å². The minimum Gasteiger partial charge on any atom is -0.395 e. The van der Waals surface area contributed by atoms with Gasteiger partial charge in [-0.15, -0.1) is 0 Å². The molecule has 2 unspecified atom stereocenters. The molecule has 3 N–H and O–H groups in total. The second-order valence-electron chi connectivity index (χ2n) is 8.20. The number of hydrogen-bond donors (Lipinski definition) is 3. The zero-order valence-electron chi connectivity index (χ0n) is 17.0. The number of nitrogens with zero attached hydrogens (tertiary/aromatic N) is 1. The Bertz CT molecular complexity index is 878. The number of halogens is 1. The number of aliphatic hydroxyl groups is 1. The maximum Gasteiger partial charge on any atom is 0.250 e. The van der Waals surface area contributed by atoms with Crippen molar-refractivity contribution in [2.24, 2.45) is 11.8 Å². The van der Waals surface area contributed by atoms with Crippen LogP contribution in [-0.2, 0) is 19.1 Å². The van der Waals surface area contributed by atoms with Crippen LogP contribution >= 0.6 is 11.6 Å². The number of β-amino-alcohol motifs (C(OH)–C–C–N with tert-alkyl or cyclic N) is 1. The second-order valence-corrected chi connectivity index (χ2v) is 8.64. The largest absolute Gasteiger partial charge is 0.395 e.